The van der Waals surface area contributed by atoms with Crippen molar-refractivity contribution >= 4 is 63.8 Å². The van der Waals surface area contributed by atoms with Gasteiger partial charge in [0.2, 0.25) is 0 Å². The molecule has 61 heavy (non-hydrogen) atoms. The molecule has 0 aliphatic heterocycles. The summed E-state index contributed by atoms with van der Waals surface area (Å²) in [5, 5.41) is 10.5. The van der Waals surface area contributed by atoms with Crippen LogP contribution in [0.4, 0.5) is 0 Å². The Kier molecular flexibility index (Phi) is 7.11. The molecule has 0 unspecified atom stereocenters. The largest absolute Gasteiger partial charge is 0.134 e. The van der Waals surface area contributed by atoms with E-state index in [0.717, 1.165) is 0 Å². The zero-order chi connectivity index (χ0) is 40.8. The Balaban J connectivity index is 1.01. The van der Waals surface area contributed by atoms with Crippen LogP contribution in [-0.4, -0.2) is 0 Å². The molecule has 10 aromatic carbocycles. The van der Waals surface area contributed by atoms with Crippen LogP contribution in [-0.2, 0) is 10.8 Å². The van der Waals surface area contributed by atoms with Gasteiger partial charge in [-0.05, 0) is 117 Å². The molecule has 0 saturated carbocycles. The van der Waals surface area contributed by atoms with Gasteiger partial charge in [0.25, 0.3) is 0 Å². The Bertz CT molecular complexity index is 3630. The lowest BCUT2D eigenvalue weighted by Gasteiger charge is -2.23. The summed E-state index contributed by atoms with van der Waals surface area (Å²) in [6, 6.07) is 68.8. The Morgan fingerprint density at radius 3 is 1.62 bits per heavy atom. The van der Waals surface area contributed by atoms with E-state index >= 15 is 0 Å². The number of hydrogen-bond donors (Lipinski definition) is 0. The quantitative estimate of drug-likeness (QED) is 0.156. The van der Waals surface area contributed by atoms with E-state index in [0.29, 0.717) is 0 Å². The Morgan fingerprint density at radius 2 is 0.885 bits per heavy atom. The molecule has 13 rings (SSSR count). The lowest BCUT2D eigenvalue weighted by Crippen LogP contribution is -2.15. The maximum atomic E-state index is 2.51. The minimum absolute atomic E-state index is 0.0347. The second-order valence-corrected chi connectivity index (χ2v) is 19.4. The van der Waals surface area contributed by atoms with Gasteiger partial charge in [-0.25, -0.2) is 0 Å². The highest BCUT2D eigenvalue weighted by Gasteiger charge is 2.38. The first-order valence-corrected chi connectivity index (χ1v) is 22.4. The first-order valence-electron chi connectivity index (χ1n) is 21.6. The van der Waals surface area contributed by atoms with E-state index in [1.54, 1.807) is 0 Å². The molecule has 1 heteroatoms. The van der Waals surface area contributed by atoms with E-state index in [9.17, 15) is 0 Å². The van der Waals surface area contributed by atoms with E-state index in [1.165, 1.54) is 130 Å². The van der Waals surface area contributed by atoms with Gasteiger partial charge in [0.15, 0.2) is 0 Å². The smallest absolute Gasteiger partial charge is 0.0440 e. The van der Waals surface area contributed by atoms with Crippen LogP contribution < -0.4 is 0 Å². The number of rotatable bonds is 3. The fourth-order valence-corrected chi connectivity index (χ4v) is 12.9. The zero-order valence-electron chi connectivity index (χ0n) is 34.7. The second-order valence-electron chi connectivity index (χ2n) is 18.3. The van der Waals surface area contributed by atoms with Crippen molar-refractivity contribution in [3.8, 4) is 55.6 Å². The third-order valence-corrected chi connectivity index (χ3v) is 15.7. The van der Waals surface area contributed by atoms with E-state index in [1.807, 2.05) is 11.3 Å². The van der Waals surface area contributed by atoms with Crippen molar-refractivity contribution in [2.75, 3.05) is 0 Å². The van der Waals surface area contributed by atoms with Crippen molar-refractivity contribution in [1.82, 2.24) is 0 Å². The fourth-order valence-electron chi connectivity index (χ4n) is 11.5. The van der Waals surface area contributed by atoms with Crippen molar-refractivity contribution in [1.29, 1.82) is 0 Å². The summed E-state index contributed by atoms with van der Waals surface area (Å²) in [5.41, 5.74) is 18.7. The summed E-state index contributed by atoms with van der Waals surface area (Å²) in [6.07, 6.45) is 0. The predicted molar refractivity (Wildman–Crippen MR) is 263 cm³/mol. The average Bonchev–Trinajstić information content (AvgIpc) is 3.88. The third-order valence-electron chi connectivity index (χ3n) is 14.4. The number of fused-ring (bicyclic) bond motifs is 14. The van der Waals surface area contributed by atoms with Crippen LogP contribution in [0.1, 0.15) is 49.9 Å². The number of benzene rings is 10. The van der Waals surface area contributed by atoms with Gasteiger partial charge in [-0.2, -0.15) is 0 Å². The highest BCUT2D eigenvalue weighted by molar-refractivity contribution is 7.27. The van der Waals surface area contributed by atoms with Gasteiger partial charge in [-0.1, -0.05) is 191 Å². The standard InChI is InChI=1S/C60H42S/c1-59(2)49-25-15-14-24-45(49)56-51(59)31-29-46-55-39-19-9-8-18-36(39)32-47(58(55)61-57(46)56)37-27-30-50-48(33-37)40-28-26-38(34-52(40)60(50,3)4)54-43-22-12-10-20-41(43)53(35-16-6-5-7-17-35)42-21-11-13-23-44(42)54/h5-34H,1-4H3. The Labute approximate surface area is 360 Å². The first kappa shape index (κ1) is 35.0. The van der Waals surface area contributed by atoms with Crippen LogP contribution in [0.2, 0.25) is 0 Å². The monoisotopic (exact) mass is 794 g/mol. The molecule has 0 spiro atoms. The molecule has 0 saturated heterocycles. The van der Waals surface area contributed by atoms with Crippen LogP contribution in [0.15, 0.2) is 182 Å². The van der Waals surface area contributed by atoms with Crippen molar-refractivity contribution < 1.29 is 0 Å². The molecule has 0 atom stereocenters. The van der Waals surface area contributed by atoms with Crippen molar-refractivity contribution in [3.05, 3.63) is 204 Å². The molecular weight excluding hydrogens is 753 g/mol. The van der Waals surface area contributed by atoms with Crippen molar-refractivity contribution in [3.63, 3.8) is 0 Å². The summed E-state index contributed by atoms with van der Waals surface area (Å²) >= 11 is 1.99. The highest BCUT2D eigenvalue weighted by Crippen LogP contribution is 2.57. The Morgan fingerprint density at radius 1 is 0.311 bits per heavy atom. The SMILES string of the molecule is CC1(C)c2ccc(-c3cc4ccccc4c4c3sc3c5c(ccc34)C(C)(C)c3ccccc3-5)cc2-c2ccc(-c3c4ccccc4c(-c4ccccc4)c4ccccc34)cc21. The zero-order valence-corrected chi connectivity index (χ0v) is 35.5. The van der Waals surface area contributed by atoms with Crippen LogP contribution in [0.3, 0.4) is 0 Å². The lowest BCUT2D eigenvalue weighted by atomic mass is 9.80. The molecule has 0 bridgehead atoms. The third kappa shape index (κ3) is 4.70. The van der Waals surface area contributed by atoms with E-state index < -0.39 is 0 Å². The molecule has 0 radical (unpaired) electrons. The lowest BCUT2D eigenvalue weighted by molar-refractivity contribution is 0.660. The van der Waals surface area contributed by atoms with E-state index in [4.69, 9.17) is 0 Å². The van der Waals surface area contributed by atoms with Gasteiger partial charge >= 0.3 is 0 Å². The molecule has 0 fully saturated rings. The molecule has 0 amide bonds. The molecule has 288 valence electrons. The normalized spacial score (nSPS) is 14.5. The molecule has 2 aliphatic rings. The molecule has 0 N–H and O–H groups in total. The Hall–Kier alpha value is -6.80. The summed E-state index contributed by atoms with van der Waals surface area (Å²) < 4.78 is 2.77. The van der Waals surface area contributed by atoms with Gasteiger partial charge in [0.05, 0.1) is 0 Å². The summed E-state index contributed by atoms with van der Waals surface area (Å²) in [7, 11) is 0. The first-order chi connectivity index (χ1) is 29.8. The second kappa shape index (κ2) is 12.4. The predicted octanol–water partition coefficient (Wildman–Crippen LogP) is 17.1. The van der Waals surface area contributed by atoms with Crippen molar-refractivity contribution in [2.45, 2.75) is 38.5 Å². The summed E-state index contributed by atoms with van der Waals surface area (Å²) in [6.45, 7) is 9.60. The van der Waals surface area contributed by atoms with Crippen LogP contribution in [0, 0.1) is 0 Å². The van der Waals surface area contributed by atoms with Gasteiger partial charge in [-0.15, -0.1) is 11.3 Å². The van der Waals surface area contributed by atoms with Gasteiger partial charge in [0.1, 0.15) is 0 Å². The molecule has 2 aliphatic carbocycles. The minimum atomic E-state index is -0.161. The molecule has 0 nitrogen and oxygen atoms in total. The number of hydrogen-bond acceptors (Lipinski definition) is 1. The molecule has 1 aromatic heterocycles. The number of thiophene rings is 1. The van der Waals surface area contributed by atoms with Crippen molar-refractivity contribution in [2.24, 2.45) is 0 Å². The van der Waals surface area contributed by atoms with Gasteiger partial charge in [0, 0.05) is 42.1 Å². The van der Waals surface area contributed by atoms with Crippen LogP contribution >= 0.6 is 11.3 Å². The minimum Gasteiger partial charge on any atom is -0.134 e. The van der Waals surface area contributed by atoms with Gasteiger partial charge < -0.3 is 0 Å². The highest BCUT2D eigenvalue weighted by atomic mass is 32.1. The summed E-state index contributed by atoms with van der Waals surface area (Å²) in [5.74, 6) is 0. The topological polar surface area (TPSA) is 0 Å². The molecule has 11 aromatic rings. The van der Waals surface area contributed by atoms with E-state index in [-0.39, 0.29) is 10.8 Å². The molecule has 1 heterocycles. The van der Waals surface area contributed by atoms with Gasteiger partial charge in [-0.3, -0.25) is 0 Å². The van der Waals surface area contributed by atoms with Crippen LogP contribution in [0.25, 0.3) is 108 Å². The summed E-state index contributed by atoms with van der Waals surface area (Å²) in [4.78, 5) is 0. The maximum absolute atomic E-state index is 2.51. The molecular formula is C60H42S. The fraction of sp³-hybridized carbons (Fsp3) is 0.100. The van der Waals surface area contributed by atoms with Crippen LogP contribution in [0.5, 0.6) is 0 Å². The average molecular weight is 795 g/mol. The maximum Gasteiger partial charge on any atom is 0.0440 e. The van der Waals surface area contributed by atoms with E-state index in [2.05, 4.69) is 210 Å².